The van der Waals surface area contributed by atoms with E-state index in [1.54, 1.807) is 0 Å². The van der Waals surface area contributed by atoms with Crippen molar-refractivity contribution >= 4 is 5.78 Å². The Kier molecular flexibility index (Phi) is 2.81. The molecule has 2 aliphatic carbocycles. The van der Waals surface area contributed by atoms with Gasteiger partial charge in [0.15, 0.2) is 0 Å². The number of nitrogens with zero attached hydrogens (tertiary/aromatic N) is 1. The van der Waals surface area contributed by atoms with Crippen LogP contribution in [0.4, 0.5) is 8.78 Å². The molecule has 0 radical (unpaired) electrons. The Hall–Kier alpha value is -0.980. The second kappa shape index (κ2) is 3.76. The van der Waals surface area contributed by atoms with Crippen LogP contribution in [0.2, 0.25) is 0 Å². The lowest BCUT2D eigenvalue weighted by Crippen LogP contribution is -2.56. The van der Waals surface area contributed by atoms with Gasteiger partial charge < -0.3 is 4.85 Å². The SMILES string of the molecule is [C-]#[N+]C1C[C@]2(C)CC(F)(F)CC[C@H]2C(C)(C)C1=O. The van der Waals surface area contributed by atoms with Gasteiger partial charge in [0.05, 0.1) is 0 Å². The first-order chi connectivity index (χ1) is 8.12. The van der Waals surface area contributed by atoms with E-state index >= 15 is 0 Å². The summed E-state index contributed by atoms with van der Waals surface area (Å²) in [6.45, 7) is 12.6. The van der Waals surface area contributed by atoms with E-state index in [0.29, 0.717) is 12.8 Å². The highest BCUT2D eigenvalue weighted by atomic mass is 19.3. The highest BCUT2D eigenvalue weighted by Gasteiger charge is 2.62. The molecule has 4 heteroatoms. The van der Waals surface area contributed by atoms with Crippen molar-refractivity contribution in [3.8, 4) is 0 Å². The Morgan fingerprint density at radius 1 is 1.33 bits per heavy atom. The molecule has 2 rings (SSSR count). The number of halogens is 2. The molecule has 2 aliphatic rings. The largest absolute Gasteiger partial charge is 0.305 e. The van der Waals surface area contributed by atoms with E-state index in [1.807, 2.05) is 20.8 Å². The van der Waals surface area contributed by atoms with E-state index in [-0.39, 0.29) is 24.5 Å². The number of Topliss-reactive ketones (excluding diaryl/α,β-unsaturated/α-hetero) is 1. The number of ketones is 1. The van der Waals surface area contributed by atoms with E-state index in [0.717, 1.165) is 0 Å². The molecule has 0 aliphatic heterocycles. The monoisotopic (exact) mass is 255 g/mol. The summed E-state index contributed by atoms with van der Waals surface area (Å²) in [5.41, 5.74) is -1.24. The highest BCUT2D eigenvalue weighted by Crippen LogP contribution is 2.59. The van der Waals surface area contributed by atoms with Gasteiger partial charge in [-0.2, -0.15) is 0 Å². The van der Waals surface area contributed by atoms with Gasteiger partial charge in [0.2, 0.25) is 11.7 Å². The smallest absolute Gasteiger partial charge is 0.281 e. The molecule has 0 N–H and O–H groups in total. The summed E-state index contributed by atoms with van der Waals surface area (Å²) < 4.78 is 27.3. The van der Waals surface area contributed by atoms with Crippen LogP contribution in [0.3, 0.4) is 0 Å². The van der Waals surface area contributed by atoms with Crippen LogP contribution in [0.15, 0.2) is 0 Å². The van der Waals surface area contributed by atoms with Gasteiger partial charge in [-0.3, -0.25) is 4.79 Å². The summed E-state index contributed by atoms with van der Waals surface area (Å²) >= 11 is 0. The Labute approximate surface area is 107 Å². The fourth-order valence-electron chi connectivity index (χ4n) is 4.19. The molecular weight excluding hydrogens is 236 g/mol. The number of rotatable bonds is 0. The molecule has 100 valence electrons. The minimum Gasteiger partial charge on any atom is -0.305 e. The fraction of sp³-hybridized carbons (Fsp3) is 0.857. The number of fused-ring (bicyclic) bond motifs is 1. The first-order valence-corrected chi connectivity index (χ1v) is 6.41. The lowest BCUT2D eigenvalue weighted by molar-refractivity contribution is -0.163. The molecule has 1 unspecified atom stereocenters. The minimum absolute atomic E-state index is 0.0323. The van der Waals surface area contributed by atoms with Crippen LogP contribution in [0.25, 0.3) is 4.85 Å². The number of carbonyl (C=O) groups excluding carboxylic acids is 1. The summed E-state index contributed by atoms with van der Waals surface area (Å²) in [7, 11) is 0. The summed E-state index contributed by atoms with van der Waals surface area (Å²) in [6, 6.07) is -0.741. The minimum atomic E-state index is -2.64. The van der Waals surface area contributed by atoms with Crippen molar-refractivity contribution in [2.75, 3.05) is 0 Å². The molecule has 0 bridgehead atoms. The second-order valence-electron chi connectivity index (χ2n) is 6.71. The van der Waals surface area contributed by atoms with Gasteiger partial charge in [0, 0.05) is 24.7 Å². The third kappa shape index (κ3) is 1.84. The summed E-state index contributed by atoms with van der Waals surface area (Å²) in [5, 5.41) is 0. The molecular formula is C14H19F2NO. The fourth-order valence-corrected chi connectivity index (χ4v) is 4.19. The van der Waals surface area contributed by atoms with Crippen LogP contribution in [-0.2, 0) is 4.79 Å². The van der Waals surface area contributed by atoms with Crippen molar-refractivity contribution < 1.29 is 13.6 Å². The molecule has 0 amide bonds. The summed E-state index contributed by atoms with van der Waals surface area (Å²) in [6.07, 6.45) is 0.353. The van der Waals surface area contributed by atoms with Crippen LogP contribution in [-0.4, -0.2) is 17.7 Å². The van der Waals surface area contributed by atoms with Crippen molar-refractivity contribution in [1.29, 1.82) is 0 Å². The molecule has 0 aromatic carbocycles. The predicted octanol–water partition coefficient (Wildman–Crippen LogP) is 3.71. The maximum atomic E-state index is 13.6. The van der Waals surface area contributed by atoms with E-state index in [2.05, 4.69) is 4.85 Å². The molecule has 2 saturated carbocycles. The Morgan fingerprint density at radius 2 is 1.94 bits per heavy atom. The van der Waals surface area contributed by atoms with E-state index in [9.17, 15) is 13.6 Å². The first kappa shape index (κ1) is 13.5. The van der Waals surface area contributed by atoms with Crippen molar-refractivity contribution in [1.82, 2.24) is 0 Å². The number of hydrogen-bond acceptors (Lipinski definition) is 1. The van der Waals surface area contributed by atoms with E-state index in [4.69, 9.17) is 6.57 Å². The number of carbonyl (C=O) groups is 1. The lowest BCUT2D eigenvalue weighted by Gasteiger charge is -2.53. The molecule has 0 aromatic rings. The third-order valence-electron chi connectivity index (χ3n) is 4.93. The zero-order valence-electron chi connectivity index (χ0n) is 11.1. The van der Waals surface area contributed by atoms with Crippen molar-refractivity contribution in [3.05, 3.63) is 11.4 Å². The van der Waals surface area contributed by atoms with E-state index in [1.165, 1.54) is 0 Å². The Morgan fingerprint density at radius 3 is 2.50 bits per heavy atom. The molecule has 18 heavy (non-hydrogen) atoms. The Bertz CT molecular complexity index is 424. The molecule has 0 spiro atoms. The van der Waals surface area contributed by atoms with Crippen molar-refractivity contribution in [2.45, 2.75) is 58.4 Å². The number of hydrogen-bond donors (Lipinski definition) is 0. The average molecular weight is 255 g/mol. The second-order valence-corrected chi connectivity index (χ2v) is 6.71. The maximum Gasteiger partial charge on any atom is 0.281 e. The van der Waals surface area contributed by atoms with Gasteiger partial charge in [-0.25, -0.2) is 15.4 Å². The lowest BCUT2D eigenvalue weighted by atomic mass is 9.50. The topological polar surface area (TPSA) is 21.4 Å². The van der Waals surface area contributed by atoms with Crippen molar-refractivity contribution in [2.24, 2.45) is 16.7 Å². The maximum absolute atomic E-state index is 13.6. The molecule has 0 heterocycles. The number of alkyl halides is 2. The molecule has 2 fully saturated rings. The van der Waals surface area contributed by atoms with Gasteiger partial charge in [0.1, 0.15) is 0 Å². The van der Waals surface area contributed by atoms with Crippen LogP contribution >= 0.6 is 0 Å². The van der Waals surface area contributed by atoms with E-state index < -0.39 is 22.8 Å². The van der Waals surface area contributed by atoms with Gasteiger partial charge in [-0.05, 0) is 17.8 Å². The summed E-state index contributed by atoms with van der Waals surface area (Å²) in [5.74, 6) is -2.74. The van der Waals surface area contributed by atoms with Crippen molar-refractivity contribution in [3.63, 3.8) is 0 Å². The molecule has 0 aromatic heterocycles. The van der Waals surface area contributed by atoms with Crippen LogP contribution in [0, 0.1) is 23.3 Å². The molecule has 0 saturated heterocycles. The standard InChI is InChI=1S/C14H19F2NO/c1-12(2)10-5-6-14(15,16)8-13(10,3)7-9(17-4)11(12)18/h9-10H,5-8H2,1-3H3/t9?,10-,13+/m0/s1. The van der Waals surface area contributed by atoms with Gasteiger partial charge in [0.25, 0.3) is 6.04 Å². The average Bonchev–Trinajstić information content (AvgIpc) is 2.21. The van der Waals surface area contributed by atoms with Gasteiger partial charge >= 0.3 is 0 Å². The normalized spacial score (nSPS) is 41.9. The quantitative estimate of drug-likeness (QED) is 0.604. The molecule has 2 nitrogen and oxygen atoms in total. The zero-order chi connectivity index (χ0) is 13.8. The third-order valence-corrected chi connectivity index (χ3v) is 4.93. The van der Waals surface area contributed by atoms with Crippen LogP contribution < -0.4 is 0 Å². The zero-order valence-corrected chi connectivity index (χ0v) is 11.1. The van der Waals surface area contributed by atoms with Crippen LogP contribution in [0.5, 0.6) is 0 Å². The summed E-state index contributed by atoms with van der Waals surface area (Å²) in [4.78, 5) is 15.6. The first-order valence-electron chi connectivity index (χ1n) is 6.41. The van der Waals surface area contributed by atoms with Crippen LogP contribution in [0.1, 0.15) is 46.5 Å². The predicted molar refractivity (Wildman–Crippen MR) is 64.2 cm³/mol. The Balaban J connectivity index is 2.40. The highest BCUT2D eigenvalue weighted by molar-refractivity contribution is 5.91. The van der Waals surface area contributed by atoms with Gasteiger partial charge in [-0.1, -0.05) is 20.8 Å². The van der Waals surface area contributed by atoms with Gasteiger partial charge in [-0.15, -0.1) is 0 Å². The molecule has 3 atom stereocenters.